The Morgan fingerprint density at radius 1 is 1.38 bits per heavy atom. The molecule has 2 fully saturated rings. The Kier molecular flexibility index (Phi) is 4.76. The summed E-state index contributed by atoms with van der Waals surface area (Å²) in [5.41, 5.74) is -1.11. The standard InChI is InChI=1S/C15H26N2O4/c1-3-5-15(12(18)19)7-8-17(10-15)13(20)16-14(2)6-4-9-21-11-14/h3-11H2,1-2H3,(H,16,20)(H,18,19). The molecule has 0 radical (unpaired) electrons. The van der Waals surface area contributed by atoms with E-state index in [2.05, 4.69) is 5.32 Å². The van der Waals surface area contributed by atoms with Gasteiger partial charge in [0.2, 0.25) is 0 Å². The maximum atomic E-state index is 12.4. The molecule has 2 amide bonds. The number of amides is 2. The average molecular weight is 298 g/mol. The largest absolute Gasteiger partial charge is 0.481 e. The van der Waals surface area contributed by atoms with Crippen LogP contribution in [0.4, 0.5) is 4.79 Å². The van der Waals surface area contributed by atoms with E-state index in [0.717, 1.165) is 25.9 Å². The van der Waals surface area contributed by atoms with E-state index in [9.17, 15) is 14.7 Å². The van der Waals surface area contributed by atoms with Gasteiger partial charge in [-0.1, -0.05) is 13.3 Å². The van der Waals surface area contributed by atoms with Gasteiger partial charge in [-0.2, -0.15) is 0 Å². The van der Waals surface area contributed by atoms with Gasteiger partial charge in [-0.25, -0.2) is 4.79 Å². The van der Waals surface area contributed by atoms with Crippen LogP contribution in [0.5, 0.6) is 0 Å². The number of carbonyl (C=O) groups is 2. The van der Waals surface area contributed by atoms with Gasteiger partial charge in [-0.15, -0.1) is 0 Å². The van der Waals surface area contributed by atoms with Crippen LogP contribution < -0.4 is 5.32 Å². The van der Waals surface area contributed by atoms with E-state index in [4.69, 9.17) is 4.74 Å². The Hall–Kier alpha value is -1.30. The molecule has 120 valence electrons. The first-order valence-electron chi connectivity index (χ1n) is 7.79. The van der Waals surface area contributed by atoms with E-state index in [1.807, 2.05) is 13.8 Å². The Labute approximate surface area is 125 Å². The van der Waals surface area contributed by atoms with Crippen molar-refractivity contribution in [3.63, 3.8) is 0 Å². The van der Waals surface area contributed by atoms with Crippen LogP contribution in [0.3, 0.4) is 0 Å². The third-order valence-electron chi connectivity index (χ3n) is 4.67. The molecule has 0 bridgehead atoms. The van der Waals surface area contributed by atoms with Gasteiger partial charge in [0.05, 0.1) is 17.6 Å². The zero-order valence-corrected chi connectivity index (χ0v) is 13.0. The van der Waals surface area contributed by atoms with E-state index in [0.29, 0.717) is 32.5 Å². The Morgan fingerprint density at radius 2 is 2.14 bits per heavy atom. The van der Waals surface area contributed by atoms with Crippen molar-refractivity contribution in [1.29, 1.82) is 0 Å². The predicted molar refractivity (Wildman–Crippen MR) is 78.2 cm³/mol. The van der Waals surface area contributed by atoms with Crippen LogP contribution in [0.2, 0.25) is 0 Å². The number of nitrogens with zero attached hydrogens (tertiary/aromatic N) is 1. The van der Waals surface area contributed by atoms with Gasteiger partial charge in [0.1, 0.15) is 0 Å². The van der Waals surface area contributed by atoms with E-state index < -0.39 is 11.4 Å². The average Bonchev–Trinajstić information content (AvgIpc) is 2.85. The molecule has 6 heteroatoms. The topological polar surface area (TPSA) is 78.9 Å². The van der Waals surface area contributed by atoms with Gasteiger partial charge in [-0.3, -0.25) is 4.79 Å². The van der Waals surface area contributed by atoms with Gasteiger partial charge in [0.15, 0.2) is 0 Å². The zero-order chi connectivity index (χ0) is 15.5. The predicted octanol–water partition coefficient (Wildman–Crippen LogP) is 1.84. The fourth-order valence-corrected chi connectivity index (χ4v) is 3.38. The number of carbonyl (C=O) groups excluding carboxylic acids is 1. The van der Waals surface area contributed by atoms with E-state index in [1.54, 1.807) is 4.90 Å². The van der Waals surface area contributed by atoms with Crippen LogP contribution in [0.15, 0.2) is 0 Å². The molecule has 2 aliphatic heterocycles. The minimum absolute atomic E-state index is 0.165. The summed E-state index contributed by atoms with van der Waals surface area (Å²) in [5.74, 6) is -0.785. The van der Waals surface area contributed by atoms with Crippen molar-refractivity contribution in [3.05, 3.63) is 0 Å². The van der Waals surface area contributed by atoms with E-state index in [1.165, 1.54) is 0 Å². The molecule has 2 aliphatic rings. The Balaban J connectivity index is 1.96. The summed E-state index contributed by atoms with van der Waals surface area (Å²) in [6.45, 7) is 6.04. The van der Waals surface area contributed by atoms with Gasteiger partial charge in [0.25, 0.3) is 0 Å². The number of carboxylic acid groups (broad SMARTS) is 1. The summed E-state index contributed by atoms with van der Waals surface area (Å²) in [4.78, 5) is 25.6. The number of ether oxygens (including phenoxy) is 1. The van der Waals surface area contributed by atoms with E-state index >= 15 is 0 Å². The summed E-state index contributed by atoms with van der Waals surface area (Å²) in [6, 6.07) is -0.165. The van der Waals surface area contributed by atoms with Crippen LogP contribution in [0, 0.1) is 5.41 Å². The second kappa shape index (κ2) is 6.22. The molecule has 0 spiro atoms. The van der Waals surface area contributed by atoms with E-state index in [-0.39, 0.29) is 11.6 Å². The summed E-state index contributed by atoms with van der Waals surface area (Å²) in [5, 5.41) is 12.5. The molecular formula is C15H26N2O4. The molecule has 6 nitrogen and oxygen atoms in total. The fourth-order valence-electron chi connectivity index (χ4n) is 3.38. The van der Waals surface area contributed by atoms with Crippen molar-refractivity contribution in [3.8, 4) is 0 Å². The molecule has 2 N–H and O–H groups in total. The minimum atomic E-state index is -0.785. The van der Waals surface area contributed by atoms with Crippen LogP contribution in [-0.2, 0) is 9.53 Å². The third kappa shape index (κ3) is 3.48. The minimum Gasteiger partial charge on any atom is -0.481 e. The molecule has 2 atom stereocenters. The number of hydrogen-bond acceptors (Lipinski definition) is 3. The molecule has 0 aliphatic carbocycles. The number of likely N-dealkylation sites (tertiary alicyclic amines) is 1. The molecule has 0 saturated carbocycles. The fraction of sp³-hybridized carbons (Fsp3) is 0.867. The summed E-state index contributed by atoms with van der Waals surface area (Å²) in [6.07, 6.45) is 3.80. The quantitative estimate of drug-likeness (QED) is 0.830. The molecule has 0 aromatic rings. The van der Waals surface area contributed by atoms with Crippen LogP contribution >= 0.6 is 0 Å². The van der Waals surface area contributed by atoms with Crippen molar-refractivity contribution < 1.29 is 19.4 Å². The number of rotatable bonds is 4. The maximum absolute atomic E-state index is 12.4. The highest BCUT2D eigenvalue weighted by molar-refractivity contribution is 5.80. The highest BCUT2D eigenvalue weighted by Crippen LogP contribution is 2.35. The first kappa shape index (κ1) is 16.1. The van der Waals surface area contributed by atoms with Crippen LogP contribution in [0.1, 0.15) is 46.0 Å². The molecule has 2 heterocycles. The molecule has 21 heavy (non-hydrogen) atoms. The molecule has 0 aromatic heterocycles. The van der Waals surface area contributed by atoms with Crippen molar-refractivity contribution in [2.45, 2.75) is 51.5 Å². The lowest BCUT2D eigenvalue weighted by Gasteiger charge is -2.36. The van der Waals surface area contributed by atoms with Crippen molar-refractivity contribution in [1.82, 2.24) is 10.2 Å². The summed E-state index contributed by atoms with van der Waals surface area (Å²) in [7, 11) is 0. The smallest absolute Gasteiger partial charge is 0.317 e. The second-order valence-corrected chi connectivity index (χ2v) is 6.65. The monoisotopic (exact) mass is 298 g/mol. The van der Waals surface area contributed by atoms with Gasteiger partial charge in [0, 0.05) is 19.7 Å². The number of aliphatic carboxylic acids is 1. The summed E-state index contributed by atoms with van der Waals surface area (Å²) < 4.78 is 5.44. The lowest BCUT2D eigenvalue weighted by Crippen LogP contribution is -2.55. The Bertz CT molecular complexity index is 406. The molecule has 2 unspecified atom stereocenters. The third-order valence-corrected chi connectivity index (χ3v) is 4.67. The highest BCUT2D eigenvalue weighted by atomic mass is 16.5. The number of nitrogens with one attached hydrogen (secondary N) is 1. The highest BCUT2D eigenvalue weighted by Gasteiger charge is 2.46. The zero-order valence-electron chi connectivity index (χ0n) is 13.0. The number of hydrogen-bond donors (Lipinski definition) is 2. The molecular weight excluding hydrogens is 272 g/mol. The number of carboxylic acids is 1. The molecule has 2 saturated heterocycles. The Morgan fingerprint density at radius 3 is 2.71 bits per heavy atom. The van der Waals surface area contributed by atoms with Crippen LogP contribution in [-0.4, -0.2) is 53.8 Å². The maximum Gasteiger partial charge on any atom is 0.317 e. The molecule has 0 aromatic carbocycles. The first-order chi connectivity index (χ1) is 9.91. The van der Waals surface area contributed by atoms with Crippen molar-refractivity contribution >= 4 is 12.0 Å². The van der Waals surface area contributed by atoms with Crippen molar-refractivity contribution in [2.75, 3.05) is 26.3 Å². The van der Waals surface area contributed by atoms with Gasteiger partial charge >= 0.3 is 12.0 Å². The van der Waals surface area contributed by atoms with Gasteiger partial charge in [-0.05, 0) is 32.6 Å². The lowest BCUT2D eigenvalue weighted by atomic mass is 9.83. The SMILES string of the molecule is CCCC1(C(=O)O)CCN(C(=O)NC2(C)CCCOC2)C1. The lowest BCUT2D eigenvalue weighted by molar-refractivity contribution is -0.148. The second-order valence-electron chi connectivity index (χ2n) is 6.65. The van der Waals surface area contributed by atoms with Gasteiger partial charge < -0.3 is 20.1 Å². The normalized spacial score (nSPS) is 33.0. The summed E-state index contributed by atoms with van der Waals surface area (Å²) >= 11 is 0. The molecule has 2 rings (SSSR count). The van der Waals surface area contributed by atoms with Crippen molar-refractivity contribution in [2.24, 2.45) is 5.41 Å². The van der Waals surface area contributed by atoms with Crippen LogP contribution in [0.25, 0.3) is 0 Å². The first-order valence-corrected chi connectivity index (χ1v) is 7.79. The number of urea groups is 1.